The van der Waals surface area contributed by atoms with Crippen molar-refractivity contribution in [2.45, 2.75) is 38.6 Å². The Morgan fingerprint density at radius 3 is 2.50 bits per heavy atom. The van der Waals surface area contributed by atoms with Crippen molar-refractivity contribution in [1.29, 1.82) is 0 Å². The predicted molar refractivity (Wildman–Crippen MR) is 147 cm³/mol. The molecule has 0 unspecified atom stereocenters. The second-order valence-corrected chi connectivity index (χ2v) is 9.87. The van der Waals surface area contributed by atoms with Crippen molar-refractivity contribution < 1.29 is 19.1 Å². The summed E-state index contributed by atoms with van der Waals surface area (Å²) in [5.41, 5.74) is 5.02. The highest BCUT2D eigenvalue weighted by Gasteiger charge is 2.27. The topological polar surface area (TPSA) is 75.4 Å². The van der Waals surface area contributed by atoms with E-state index in [4.69, 9.17) is 5.11 Å². The van der Waals surface area contributed by atoms with E-state index in [0.717, 1.165) is 71.6 Å². The summed E-state index contributed by atoms with van der Waals surface area (Å²) in [5.74, 6) is -1.41. The lowest BCUT2D eigenvalue weighted by atomic mass is 9.88. The third-order valence-electron chi connectivity index (χ3n) is 7.25. The molecule has 1 saturated carbocycles. The maximum atomic E-state index is 14.2. The fourth-order valence-corrected chi connectivity index (χ4v) is 5.22. The Morgan fingerprint density at radius 2 is 1.76 bits per heavy atom. The van der Waals surface area contributed by atoms with E-state index in [1.54, 1.807) is 7.05 Å². The highest BCUT2D eigenvalue weighted by Crippen LogP contribution is 2.30. The number of rotatable bonds is 7. The lowest BCUT2D eigenvalue weighted by molar-refractivity contribution is -0.131. The summed E-state index contributed by atoms with van der Waals surface area (Å²) in [5, 5.41) is 13.3. The SMILES string of the molecule is Cn1nc(F)c2cc(-c3ccc(CN(C(=O)C4CCCCC4)c4cccc(C=CC(=O)O)c4)cc3)ccc21. The lowest BCUT2D eigenvalue weighted by Gasteiger charge is -2.30. The number of anilines is 1. The lowest BCUT2D eigenvalue weighted by Crippen LogP contribution is -2.36. The number of nitrogens with zero attached hydrogens (tertiary/aromatic N) is 3. The summed E-state index contributed by atoms with van der Waals surface area (Å²) in [6, 6.07) is 21.0. The van der Waals surface area contributed by atoms with E-state index in [9.17, 15) is 14.0 Å². The number of fused-ring (bicyclic) bond motifs is 1. The van der Waals surface area contributed by atoms with E-state index in [-0.39, 0.29) is 11.8 Å². The van der Waals surface area contributed by atoms with Crippen molar-refractivity contribution in [3.63, 3.8) is 0 Å². The molecule has 0 bridgehead atoms. The Balaban J connectivity index is 1.42. The van der Waals surface area contributed by atoms with Gasteiger partial charge >= 0.3 is 5.97 Å². The normalized spacial score (nSPS) is 14.3. The smallest absolute Gasteiger partial charge is 0.328 e. The standard InChI is InChI=1S/C31H30FN3O3/c1-34-28-16-15-25(19-27(28)30(32)33-34)23-13-10-22(11-14-23)20-35(31(38)24-7-3-2-4-8-24)26-9-5-6-21(18-26)12-17-29(36)37/h5-6,9-19,24H,2-4,7-8,20H2,1H3,(H,36,37). The summed E-state index contributed by atoms with van der Waals surface area (Å²) in [4.78, 5) is 26.5. The van der Waals surface area contributed by atoms with Crippen molar-refractivity contribution in [1.82, 2.24) is 9.78 Å². The molecule has 0 spiro atoms. The first-order chi connectivity index (χ1) is 18.4. The zero-order valence-electron chi connectivity index (χ0n) is 21.3. The van der Waals surface area contributed by atoms with Crippen LogP contribution >= 0.6 is 0 Å². The minimum Gasteiger partial charge on any atom is -0.478 e. The Labute approximate surface area is 221 Å². The Morgan fingerprint density at radius 1 is 1.03 bits per heavy atom. The van der Waals surface area contributed by atoms with Crippen LogP contribution in [0.1, 0.15) is 43.2 Å². The number of carboxylic acids is 1. The number of halogens is 1. The molecule has 194 valence electrons. The van der Waals surface area contributed by atoms with Gasteiger partial charge in [-0.2, -0.15) is 4.39 Å². The first-order valence-corrected chi connectivity index (χ1v) is 12.9. The van der Waals surface area contributed by atoms with Crippen LogP contribution in [0.15, 0.2) is 72.8 Å². The van der Waals surface area contributed by atoms with E-state index >= 15 is 0 Å². The molecule has 3 aromatic carbocycles. The van der Waals surface area contributed by atoms with Crippen molar-refractivity contribution in [3.8, 4) is 11.1 Å². The molecule has 1 fully saturated rings. The predicted octanol–water partition coefficient (Wildman–Crippen LogP) is 6.59. The van der Waals surface area contributed by atoms with Crippen LogP contribution in [0, 0.1) is 11.9 Å². The van der Waals surface area contributed by atoms with Crippen LogP contribution < -0.4 is 4.90 Å². The van der Waals surface area contributed by atoms with Gasteiger partial charge in [-0.05, 0) is 65.4 Å². The molecule has 0 atom stereocenters. The summed E-state index contributed by atoms with van der Waals surface area (Å²) >= 11 is 0. The van der Waals surface area contributed by atoms with Crippen molar-refractivity contribution >= 4 is 34.5 Å². The zero-order valence-corrected chi connectivity index (χ0v) is 21.3. The van der Waals surface area contributed by atoms with Crippen molar-refractivity contribution in [2.24, 2.45) is 13.0 Å². The number of amides is 1. The van der Waals surface area contributed by atoms with Gasteiger partial charge in [0.05, 0.1) is 17.4 Å². The first-order valence-electron chi connectivity index (χ1n) is 12.9. The molecular formula is C31H30FN3O3. The first kappa shape index (κ1) is 25.4. The number of aryl methyl sites for hydroxylation is 1. The molecule has 0 saturated heterocycles. The molecule has 0 radical (unpaired) electrons. The Hall–Kier alpha value is -4.26. The van der Waals surface area contributed by atoms with E-state index in [1.807, 2.05) is 71.6 Å². The molecule has 1 aliphatic carbocycles. The van der Waals surface area contributed by atoms with Gasteiger partial charge in [0, 0.05) is 24.7 Å². The van der Waals surface area contributed by atoms with Gasteiger partial charge in [-0.15, -0.1) is 5.10 Å². The van der Waals surface area contributed by atoms with E-state index in [0.29, 0.717) is 11.9 Å². The van der Waals surface area contributed by atoms with Crippen LogP contribution in [-0.2, 0) is 23.2 Å². The van der Waals surface area contributed by atoms with Gasteiger partial charge in [0.25, 0.3) is 0 Å². The quantitative estimate of drug-likeness (QED) is 0.284. The fourth-order valence-electron chi connectivity index (χ4n) is 5.22. The number of hydrogen-bond donors (Lipinski definition) is 1. The summed E-state index contributed by atoms with van der Waals surface area (Å²) in [6.45, 7) is 0.401. The van der Waals surface area contributed by atoms with Crippen LogP contribution in [0.2, 0.25) is 0 Å². The summed E-state index contributed by atoms with van der Waals surface area (Å²) in [7, 11) is 1.72. The average molecular weight is 512 g/mol. The van der Waals surface area contributed by atoms with Gasteiger partial charge in [0.1, 0.15) is 0 Å². The van der Waals surface area contributed by atoms with Crippen LogP contribution in [0.4, 0.5) is 10.1 Å². The number of hydrogen-bond acceptors (Lipinski definition) is 3. The molecule has 1 amide bonds. The third-order valence-corrected chi connectivity index (χ3v) is 7.25. The van der Waals surface area contributed by atoms with Gasteiger partial charge in [-0.3, -0.25) is 9.48 Å². The highest BCUT2D eigenvalue weighted by molar-refractivity contribution is 5.95. The number of aliphatic carboxylic acids is 1. The Bertz CT molecular complexity index is 1500. The minimum absolute atomic E-state index is 0.0117. The third kappa shape index (κ3) is 5.52. The number of benzene rings is 3. The molecule has 1 aromatic heterocycles. The fraction of sp³-hybridized carbons (Fsp3) is 0.258. The van der Waals surface area contributed by atoms with Gasteiger partial charge in [-0.25, -0.2) is 4.79 Å². The van der Waals surface area contributed by atoms with E-state index in [2.05, 4.69) is 5.10 Å². The minimum atomic E-state index is -1.02. The maximum Gasteiger partial charge on any atom is 0.328 e. The second kappa shape index (κ2) is 11.0. The van der Waals surface area contributed by atoms with E-state index in [1.165, 1.54) is 10.8 Å². The number of carbonyl (C=O) groups is 2. The van der Waals surface area contributed by atoms with Crippen molar-refractivity contribution in [3.05, 3.63) is 89.9 Å². The molecule has 5 rings (SSSR count). The highest BCUT2D eigenvalue weighted by atomic mass is 19.1. The van der Waals surface area contributed by atoms with Gasteiger partial charge < -0.3 is 10.0 Å². The molecule has 1 N–H and O–H groups in total. The Kier molecular flexibility index (Phi) is 7.36. The molecule has 1 heterocycles. The average Bonchev–Trinajstić information content (AvgIpc) is 3.23. The van der Waals surface area contributed by atoms with Crippen LogP contribution in [0.25, 0.3) is 28.1 Å². The van der Waals surface area contributed by atoms with Gasteiger partial charge in [0.15, 0.2) is 0 Å². The second-order valence-electron chi connectivity index (χ2n) is 9.87. The maximum absolute atomic E-state index is 14.2. The van der Waals surface area contributed by atoms with Crippen LogP contribution in [0.5, 0.6) is 0 Å². The molecule has 7 heteroatoms. The molecule has 1 aliphatic rings. The van der Waals surface area contributed by atoms with Crippen molar-refractivity contribution in [2.75, 3.05) is 4.90 Å². The van der Waals surface area contributed by atoms with Gasteiger partial charge in [-0.1, -0.05) is 61.7 Å². The largest absolute Gasteiger partial charge is 0.478 e. The molecule has 6 nitrogen and oxygen atoms in total. The molecule has 38 heavy (non-hydrogen) atoms. The monoisotopic (exact) mass is 511 g/mol. The van der Waals surface area contributed by atoms with Crippen LogP contribution in [-0.4, -0.2) is 26.8 Å². The number of carboxylic acid groups (broad SMARTS) is 1. The van der Waals surface area contributed by atoms with E-state index < -0.39 is 11.9 Å². The number of carbonyl (C=O) groups excluding carboxylic acids is 1. The number of aromatic nitrogens is 2. The summed E-state index contributed by atoms with van der Waals surface area (Å²) < 4.78 is 15.7. The van der Waals surface area contributed by atoms with Crippen LogP contribution in [0.3, 0.4) is 0 Å². The summed E-state index contributed by atoms with van der Waals surface area (Å²) in [6.07, 6.45) is 7.69. The van der Waals surface area contributed by atoms with Gasteiger partial charge in [0.2, 0.25) is 11.9 Å². The molecule has 4 aromatic rings. The zero-order chi connectivity index (χ0) is 26.6. The molecular weight excluding hydrogens is 481 g/mol. The molecule has 0 aliphatic heterocycles.